The molecule has 0 aliphatic rings. The maximum absolute atomic E-state index is 12.2. The van der Waals surface area contributed by atoms with Crippen LogP contribution in [0.4, 0.5) is 0 Å². The number of unbranched alkanes of at least 4 members (excludes halogenated alkanes) is 2. The molecule has 0 saturated carbocycles. The van der Waals surface area contributed by atoms with Gasteiger partial charge in [-0.05, 0) is 43.4 Å². The van der Waals surface area contributed by atoms with Gasteiger partial charge in [0, 0.05) is 6.92 Å². The molecule has 3 atom stereocenters. The van der Waals surface area contributed by atoms with Crippen molar-refractivity contribution in [2.24, 2.45) is 17.8 Å². The van der Waals surface area contributed by atoms with Gasteiger partial charge in [0.2, 0.25) is 0 Å². The fraction of sp³-hybridized carbons (Fsp3) is 0.857. The first kappa shape index (κ1) is 34.0. The topological polar surface area (TPSA) is 127 Å². The summed E-state index contributed by atoms with van der Waals surface area (Å²) in [6.07, 6.45) is 11.7. The van der Waals surface area contributed by atoms with Gasteiger partial charge in [-0.3, -0.25) is 14.4 Å². The van der Waals surface area contributed by atoms with E-state index in [1.807, 2.05) is 0 Å². The first-order valence-corrected chi connectivity index (χ1v) is 13.8. The van der Waals surface area contributed by atoms with Crippen LogP contribution in [0.2, 0.25) is 0 Å². The predicted molar refractivity (Wildman–Crippen MR) is 138 cm³/mol. The second kappa shape index (κ2) is 19.2. The highest BCUT2D eigenvalue weighted by atomic mass is 16.6. The van der Waals surface area contributed by atoms with E-state index in [1.165, 1.54) is 51.4 Å². The third-order valence-corrected chi connectivity index (χ3v) is 6.97. The minimum atomic E-state index is -2.69. The molecule has 8 nitrogen and oxygen atoms in total. The third kappa shape index (κ3) is 15.2. The van der Waals surface area contributed by atoms with Gasteiger partial charge >= 0.3 is 23.9 Å². The minimum Gasteiger partial charge on any atom is -0.479 e. The van der Waals surface area contributed by atoms with Gasteiger partial charge in [0.15, 0.2) is 5.60 Å². The lowest BCUT2D eigenvalue weighted by Crippen LogP contribution is -2.43. The van der Waals surface area contributed by atoms with Gasteiger partial charge in [0.25, 0.3) is 0 Å². The predicted octanol–water partition coefficient (Wildman–Crippen LogP) is 5.82. The number of carbonyl (C=O) groups is 4. The molecular formula is C28H50O8. The van der Waals surface area contributed by atoms with E-state index in [9.17, 15) is 29.4 Å². The van der Waals surface area contributed by atoms with Crippen molar-refractivity contribution in [2.45, 2.75) is 130 Å². The van der Waals surface area contributed by atoms with Crippen LogP contribution in [0.25, 0.3) is 0 Å². The Balaban J connectivity index is 4.93. The van der Waals surface area contributed by atoms with Crippen LogP contribution in [0, 0.1) is 17.8 Å². The Kier molecular flexibility index (Phi) is 18.1. The molecule has 0 fully saturated rings. The maximum atomic E-state index is 12.2. The summed E-state index contributed by atoms with van der Waals surface area (Å²) < 4.78 is 9.49. The molecule has 36 heavy (non-hydrogen) atoms. The van der Waals surface area contributed by atoms with Gasteiger partial charge in [-0.25, -0.2) is 4.79 Å². The van der Waals surface area contributed by atoms with Crippen molar-refractivity contribution in [1.82, 2.24) is 0 Å². The molecule has 0 aromatic heterocycles. The van der Waals surface area contributed by atoms with Crippen molar-refractivity contribution in [1.29, 1.82) is 0 Å². The standard InChI is InChI=1S/C28H50O8/c1-6-10-13-22(8-3)17-24(18-23(9-4)14-11-7-2)15-12-16-35-25(30)19-28(34,27(32)33)20-26(31)36-21(5)29/h22-24,34H,6-20H2,1-5H3,(H,32,33). The van der Waals surface area contributed by atoms with Gasteiger partial charge in [-0.15, -0.1) is 0 Å². The molecule has 0 aromatic carbocycles. The number of carboxylic acid groups (broad SMARTS) is 1. The van der Waals surface area contributed by atoms with E-state index in [0.717, 1.165) is 26.2 Å². The lowest BCUT2D eigenvalue weighted by molar-refractivity contribution is -0.175. The summed E-state index contributed by atoms with van der Waals surface area (Å²) in [4.78, 5) is 46.2. The Morgan fingerprint density at radius 1 is 0.750 bits per heavy atom. The number of aliphatic hydroxyl groups is 1. The fourth-order valence-electron chi connectivity index (χ4n) is 4.73. The van der Waals surface area contributed by atoms with Crippen LogP contribution in [-0.2, 0) is 28.7 Å². The third-order valence-electron chi connectivity index (χ3n) is 6.97. The van der Waals surface area contributed by atoms with Crippen LogP contribution in [0.15, 0.2) is 0 Å². The van der Waals surface area contributed by atoms with E-state index in [-0.39, 0.29) is 6.61 Å². The lowest BCUT2D eigenvalue weighted by Gasteiger charge is -2.27. The van der Waals surface area contributed by atoms with Crippen LogP contribution in [-0.4, -0.2) is 46.3 Å². The SMILES string of the molecule is CCCCC(CC)CC(CCCOC(=O)CC(O)(CC(=O)OC(C)=O)C(=O)O)CC(CC)CCCC. The Morgan fingerprint density at radius 3 is 1.64 bits per heavy atom. The minimum absolute atomic E-state index is 0.125. The summed E-state index contributed by atoms with van der Waals surface area (Å²) in [6, 6.07) is 0. The number of hydrogen-bond donors (Lipinski definition) is 2. The highest BCUT2D eigenvalue weighted by molar-refractivity contribution is 5.91. The normalized spacial score (nSPS) is 15.4. The van der Waals surface area contributed by atoms with E-state index < -0.39 is 42.3 Å². The van der Waals surface area contributed by atoms with Crippen molar-refractivity contribution >= 4 is 23.9 Å². The van der Waals surface area contributed by atoms with Gasteiger partial charge in [-0.1, -0.05) is 79.1 Å². The summed E-state index contributed by atoms with van der Waals surface area (Å²) in [5, 5.41) is 19.6. The monoisotopic (exact) mass is 514 g/mol. The van der Waals surface area contributed by atoms with Crippen LogP contribution < -0.4 is 0 Å². The highest BCUT2D eigenvalue weighted by Crippen LogP contribution is 2.32. The molecule has 0 rings (SSSR count). The number of rotatable bonds is 21. The zero-order valence-corrected chi connectivity index (χ0v) is 23.2. The fourth-order valence-corrected chi connectivity index (χ4v) is 4.73. The molecule has 8 heteroatoms. The largest absolute Gasteiger partial charge is 0.479 e. The number of esters is 3. The smallest absolute Gasteiger partial charge is 0.336 e. The molecule has 0 radical (unpaired) electrons. The molecule has 2 N–H and O–H groups in total. The molecular weight excluding hydrogens is 464 g/mol. The Bertz CT molecular complexity index is 644. The summed E-state index contributed by atoms with van der Waals surface area (Å²) in [5.41, 5.74) is -2.69. The number of aliphatic carboxylic acids is 1. The molecule has 0 spiro atoms. The highest BCUT2D eigenvalue weighted by Gasteiger charge is 2.42. The first-order valence-electron chi connectivity index (χ1n) is 13.8. The van der Waals surface area contributed by atoms with Gasteiger partial charge in [0.05, 0.1) is 19.4 Å². The Labute approximate surface area is 217 Å². The molecule has 0 aliphatic carbocycles. The summed E-state index contributed by atoms with van der Waals surface area (Å²) >= 11 is 0. The number of carbonyl (C=O) groups excluding carboxylic acids is 3. The number of ether oxygens (including phenoxy) is 2. The van der Waals surface area contributed by atoms with E-state index >= 15 is 0 Å². The van der Waals surface area contributed by atoms with E-state index in [4.69, 9.17) is 4.74 Å². The lowest BCUT2D eigenvalue weighted by atomic mass is 9.80. The molecule has 0 saturated heterocycles. The van der Waals surface area contributed by atoms with Crippen molar-refractivity contribution in [3.8, 4) is 0 Å². The van der Waals surface area contributed by atoms with Crippen LogP contribution in [0.3, 0.4) is 0 Å². The van der Waals surface area contributed by atoms with Crippen molar-refractivity contribution in [3.63, 3.8) is 0 Å². The molecule has 0 heterocycles. The Morgan fingerprint density at radius 2 is 1.22 bits per heavy atom. The zero-order valence-electron chi connectivity index (χ0n) is 23.2. The van der Waals surface area contributed by atoms with Gasteiger partial charge < -0.3 is 19.7 Å². The van der Waals surface area contributed by atoms with E-state index in [1.54, 1.807) is 0 Å². The number of carboxylic acids is 1. The Hall–Kier alpha value is -1.96. The molecule has 3 unspecified atom stereocenters. The maximum Gasteiger partial charge on any atom is 0.336 e. The molecule has 210 valence electrons. The summed E-state index contributed by atoms with van der Waals surface area (Å²) in [5.74, 6) is -2.87. The molecule has 0 amide bonds. The second-order valence-corrected chi connectivity index (χ2v) is 10.2. The second-order valence-electron chi connectivity index (χ2n) is 10.2. The van der Waals surface area contributed by atoms with Crippen LogP contribution in [0.1, 0.15) is 125 Å². The average Bonchev–Trinajstić information content (AvgIpc) is 2.80. The van der Waals surface area contributed by atoms with Crippen molar-refractivity contribution in [2.75, 3.05) is 6.61 Å². The number of hydrogen-bond acceptors (Lipinski definition) is 7. The van der Waals surface area contributed by atoms with Crippen molar-refractivity contribution in [3.05, 3.63) is 0 Å². The molecule has 0 bridgehead atoms. The molecule has 0 aliphatic heterocycles. The van der Waals surface area contributed by atoms with Gasteiger partial charge in [0.1, 0.15) is 0 Å². The first-order chi connectivity index (χ1) is 17.0. The van der Waals surface area contributed by atoms with Crippen LogP contribution >= 0.6 is 0 Å². The quantitative estimate of drug-likeness (QED) is 0.111. The van der Waals surface area contributed by atoms with E-state index in [2.05, 4.69) is 32.4 Å². The van der Waals surface area contributed by atoms with E-state index in [0.29, 0.717) is 24.2 Å². The van der Waals surface area contributed by atoms with Gasteiger partial charge in [-0.2, -0.15) is 0 Å². The summed E-state index contributed by atoms with van der Waals surface area (Å²) in [7, 11) is 0. The average molecular weight is 515 g/mol. The van der Waals surface area contributed by atoms with Crippen LogP contribution in [0.5, 0.6) is 0 Å². The zero-order chi connectivity index (χ0) is 27.6. The van der Waals surface area contributed by atoms with Crippen molar-refractivity contribution < 1.29 is 38.9 Å². The summed E-state index contributed by atoms with van der Waals surface area (Å²) in [6.45, 7) is 10.0. The molecule has 0 aromatic rings.